The maximum atomic E-state index is 13.3. The third-order valence-corrected chi connectivity index (χ3v) is 5.19. The minimum absolute atomic E-state index is 0.190. The average Bonchev–Trinajstić information content (AvgIpc) is 3.41. The van der Waals surface area contributed by atoms with E-state index in [9.17, 15) is 9.18 Å². The summed E-state index contributed by atoms with van der Waals surface area (Å²) < 4.78 is 24.4. The van der Waals surface area contributed by atoms with Crippen molar-refractivity contribution in [3.8, 4) is 11.5 Å². The van der Waals surface area contributed by atoms with Crippen LogP contribution in [0.1, 0.15) is 16.4 Å². The van der Waals surface area contributed by atoms with Gasteiger partial charge in [0.1, 0.15) is 5.82 Å². The summed E-state index contributed by atoms with van der Waals surface area (Å²) in [6.07, 6.45) is 1.42. The van der Waals surface area contributed by atoms with Crippen molar-refractivity contribution in [2.24, 2.45) is 0 Å². The van der Waals surface area contributed by atoms with E-state index < -0.39 is 5.91 Å². The summed E-state index contributed by atoms with van der Waals surface area (Å²) in [7, 11) is 0. The fourth-order valence-electron chi connectivity index (χ4n) is 2.06. The number of carbonyl (C=O) groups excluding carboxylic acids is 1. The molecule has 0 atom stereocenters. The molecule has 3 aromatic heterocycles. The maximum absolute atomic E-state index is 13.3. The molecule has 0 radical (unpaired) electrons. The van der Waals surface area contributed by atoms with Crippen molar-refractivity contribution < 1.29 is 18.0 Å². The molecule has 27 heavy (non-hydrogen) atoms. The molecule has 136 valence electrons. The Morgan fingerprint density at radius 2 is 2.11 bits per heavy atom. The monoisotopic (exact) mass is 403 g/mol. The van der Waals surface area contributed by atoms with Gasteiger partial charge in [0.15, 0.2) is 10.1 Å². The number of rotatable bonds is 6. The molecular formula is C16H10FN5O3S2. The topological polar surface area (TPSA) is 107 Å². The Labute approximate surface area is 159 Å². The summed E-state index contributed by atoms with van der Waals surface area (Å²) in [5, 5.41) is 18.7. The van der Waals surface area contributed by atoms with E-state index in [0.29, 0.717) is 26.7 Å². The standard InChI is InChI=1S/C16H10FN5O3S2/c17-10-4-1-3-9(7-10)14-20-19-12(25-14)8-26-16-22-21-15(27-16)18-13(23)11-5-2-6-24-11/h1-7H,8H2,(H,18,21,23). The van der Waals surface area contributed by atoms with Crippen LogP contribution in [0.4, 0.5) is 9.52 Å². The highest BCUT2D eigenvalue weighted by Gasteiger charge is 2.14. The molecule has 1 amide bonds. The number of furan rings is 1. The lowest BCUT2D eigenvalue weighted by atomic mass is 10.2. The van der Waals surface area contributed by atoms with Crippen molar-refractivity contribution in [3.05, 3.63) is 60.1 Å². The highest BCUT2D eigenvalue weighted by atomic mass is 32.2. The lowest BCUT2D eigenvalue weighted by Crippen LogP contribution is -2.10. The van der Waals surface area contributed by atoms with Crippen molar-refractivity contribution in [1.82, 2.24) is 20.4 Å². The van der Waals surface area contributed by atoms with Gasteiger partial charge in [0.25, 0.3) is 5.91 Å². The van der Waals surface area contributed by atoms with E-state index in [0.717, 1.165) is 0 Å². The summed E-state index contributed by atoms with van der Waals surface area (Å²) in [4.78, 5) is 11.9. The number of thioether (sulfide) groups is 1. The lowest BCUT2D eigenvalue weighted by Gasteiger charge is -1.95. The number of hydrogen-bond acceptors (Lipinski definition) is 9. The molecule has 4 rings (SSSR count). The van der Waals surface area contributed by atoms with Gasteiger partial charge >= 0.3 is 0 Å². The summed E-state index contributed by atoms with van der Waals surface area (Å²) in [6.45, 7) is 0. The molecule has 1 aromatic carbocycles. The number of carbonyl (C=O) groups is 1. The molecule has 0 bridgehead atoms. The van der Waals surface area contributed by atoms with Crippen LogP contribution >= 0.6 is 23.1 Å². The number of anilines is 1. The minimum atomic E-state index is -0.399. The van der Waals surface area contributed by atoms with Crippen molar-refractivity contribution in [2.45, 2.75) is 10.1 Å². The van der Waals surface area contributed by atoms with Crippen LogP contribution in [0.15, 0.2) is 55.8 Å². The first-order chi connectivity index (χ1) is 13.2. The first-order valence-electron chi connectivity index (χ1n) is 7.57. The first kappa shape index (κ1) is 17.4. The van der Waals surface area contributed by atoms with E-state index >= 15 is 0 Å². The molecule has 0 unspecified atom stereocenters. The normalized spacial score (nSPS) is 10.9. The first-order valence-corrected chi connectivity index (χ1v) is 9.37. The van der Waals surface area contributed by atoms with E-state index in [-0.39, 0.29) is 17.5 Å². The summed E-state index contributed by atoms with van der Waals surface area (Å²) in [5.74, 6) is 0.395. The second-order valence-electron chi connectivity index (χ2n) is 5.10. The van der Waals surface area contributed by atoms with Gasteiger partial charge in [0.05, 0.1) is 12.0 Å². The van der Waals surface area contributed by atoms with Gasteiger partial charge in [-0.3, -0.25) is 10.1 Å². The molecular weight excluding hydrogens is 393 g/mol. The lowest BCUT2D eigenvalue weighted by molar-refractivity contribution is 0.0996. The van der Waals surface area contributed by atoms with Gasteiger partial charge in [-0.15, -0.1) is 20.4 Å². The fourth-order valence-corrected chi connectivity index (χ4v) is 3.64. The number of aromatic nitrogens is 4. The average molecular weight is 403 g/mol. The Kier molecular flexibility index (Phi) is 4.94. The summed E-state index contributed by atoms with van der Waals surface area (Å²) >= 11 is 2.54. The van der Waals surface area contributed by atoms with Crippen LogP contribution in [0, 0.1) is 5.82 Å². The van der Waals surface area contributed by atoms with Crippen LogP contribution in [0.2, 0.25) is 0 Å². The molecule has 0 saturated heterocycles. The predicted molar refractivity (Wildman–Crippen MR) is 95.8 cm³/mol. The largest absolute Gasteiger partial charge is 0.459 e. The molecule has 0 aliphatic rings. The van der Waals surface area contributed by atoms with Crippen LogP contribution < -0.4 is 5.32 Å². The molecule has 0 aliphatic carbocycles. The van der Waals surface area contributed by atoms with Crippen LogP contribution in [-0.2, 0) is 5.75 Å². The van der Waals surface area contributed by atoms with Gasteiger partial charge < -0.3 is 8.83 Å². The van der Waals surface area contributed by atoms with E-state index in [4.69, 9.17) is 8.83 Å². The zero-order valence-electron chi connectivity index (χ0n) is 13.5. The number of halogens is 1. The van der Waals surface area contributed by atoms with Crippen molar-refractivity contribution in [1.29, 1.82) is 0 Å². The number of amides is 1. The summed E-state index contributed by atoms with van der Waals surface area (Å²) in [5.41, 5.74) is 0.512. The smallest absolute Gasteiger partial charge is 0.293 e. The van der Waals surface area contributed by atoms with Gasteiger partial charge in [-0.05, 0) is 30.3 Å². The maximum Gasteiger partial charge on any atom is 0.293 e. The molecule has 0 saturated carbocycles. The number of benzene rings is 1. The zero-order chi connectivity index (χ0) is 18.6. The van der Waals surface area contributed by atoms with Gasteiger partial charge in [0, 0.05) is 5.56 Å². The quantitative estimate of drug-likeness (QED) is 0.382. The van der Waals surface area contributed by atoms with Crippen LogP contribution in [0.5, 0.6) is 0 Å². The van der Waals surface area contributed by atoms with Crippen molar-refractivity contribution in [3.63, 3.8) is 0 Å². The van der Waals surface area contributed by atoms with Gasteiger partial charge in [-0.2, -0.15) is 0 Å². The van der Waals surface area contributed by atoms with Crippen LogP contribution in [0.3, 0.4) is 0 Å². The second-order valence-corrected chi connectivity index (χ2v) is 7.30. The van der Waals surface area contributed by atoms with Gasteiger partial charge in [-0.1, -0.05) is 29.2 Å². The Hall–Kier alpha value is -3.05. The van der Waals surface area contributed by atoms with E-state index in [1.165, 1.54) is 41.5 Å². The molecule has 0 fully saturated rings. The van der Waals surface area contributed by atoms with E-state index in [1.807, 2.05) is 0 Å². The SMILES string of the molecule is O=C(Nc1nnc(SCc2nnc(-c3cccc(F)c3)o2)s1)c1ccco1. The van der Waals surface area contributed by atoms with Crippen molar-refractivity contribution in [2.75, 3.05) is 5.32 Å². The molecule has 3 heterocycles. The number of nitrogens with one attached hydrogen (secondary N) is 1. The second kappa shape index (κ2) is 7.68. The van der Waals surface area contributed by atoms with Gasteiger partial charge in [-0.25, -0.2) is 4.39 Å². The summed E-state index contributed by atoms with van der Waals surface area (Å²) in [6, 6.07) is 9.10. The Balaban J connectivity index is 1.36. The highest BCUT2D eigenvalue weighted by Crippen LogP contribution is 2.29. The number of nitrogens with zero attached hydrogens (tertiary/aromatic N) is 4. The van der Waals surface area contributed by atoms with E-state index in [2.05, 4.69) is 25.7 Å². The Bertz CT molecular complexity index is 1060. The number of hydrogen-bond donors (Lipinski definition) is 1. The van der Waals surface area contributed by atoms with Crippen LogP contribution in [-0.4, -0.2) is 26.3 Å². The molecule has 11 heteroatoms. The van der Waals surface area contributed by atoms with Crippen LogP contribution in [0.25, 0.3) is 11.5 Å². The predicted octanol–water partition coefficient (Wildman–Crippen LogP) is 3.86. The van der Waals surface area contributed by atoms with Crippen molar-refractivity contribution >= 4 is 34.1 Å². The third-order valence-electron chi connectivity index (χ3n) is 3.23. The fraction of sp³-hybridized carbons (Fsp3) is 0.0625. The van der Waals surface area contributed by atoms with E-state index in [1.54, 1.807) is 24.3 Å². The Morgan fingerprint density at radius 3 is 2.93 bits per heavy atom. The third kappa shape index (κ3) is 4.20. The molecule has 0 aliphatic heterocycles. The molecule has 8 nitrogen and oxygen atoms in total. The van der Waals surface area contributed by atoms with Gasteiger partial charge in [0.2, 0.25) is 16.9 Å². The highest BCUT2D eigenvalue weighted by molar-refractivity contribution is 8.00. The molecule has 0 spiro atoms. The Morgan fingerprint density at radius 1 is 1.19 bits per heavy atom. The zero-order valence-corrected chi connectivity index (χ0v) is 15.1. The molecule has 4 aromatic rings. The molecule has 1 N–H and O–H groups in total. The minimum Gasteiger partial charge on any atom is -0.459 e.